The fourth-order valence-electron chi connectivity index (χ4n) is 1.39. The number of benzene rings is 1. The number of carbonyl (C=O) groups is 1. The number of fused-ring (bicyclic) bond motifs is 1. The molecule has 2 N–H and O–H groups in total. The Kier molecular flexibility index (Phi) is 1.93. The Morgan fingerprint density at radius 3 is 3.07 bits per heavy atom. The maximum absolute atomic E-state index is 11.0. The van der Waals surface area contributed by atoms with E-state index in [9.17, 15) is 4.79 Å². The van der Waals surface area contributed by atoms with Gasteiger partial charge in [0.15, 0.2) is 0 Å². The van der Waals surface area contributed by atoms with E-state index in [0.29, 0.717) is 11.3 Å². The van der Waals surface area contributed by atoms with Crippen LogP contribution in [0.5, 0.6) is 0 Å². The summed E-state index contributed by atoms with van der Waals surface area (Å²) in [6.07, 6.45) is 0. The van der Waals surface area contributed by atoms with Crippen molar-refractivity contribution in [3.63, 3.8) is 0 Å². The van der Waals surface area contributed by atoms with Crippen molar-refractivity contribution in [2.24, 2.45) is 5.73 Å². The van der Waals surface area contributed by atoms with E-state index in [-0.39, 0.29) is 0 Å². The van der Waals surface area contributed by atoms with Crippen LogP contribution in [0.25, 0.3) is 10.9 Å². The molecule has 0 spiro atoms. The summed E-state index contributed by atoms with van der Waals surface area (Å²) in [5, 5.41) is 0.881. The summed E-state index contributed by atoms with van der Waals surface area (Å²) in [5.41, 5.74) is 7.09. The number of primary amides is 1. The average molecular weight is 185 g/mol. The lowest BCUT2D eigenvalue weighted by Crippen LogP contribution is -2.13. The van der Waals surface area contributed by atoms with Crippen LogP contribution in [-0.4, -0.2) is 10.9 Å². The zero-order chi connectivity index (χ0) is 10.1. The van der Waals surface area contributed by atoms with Crippen LogP contribution in [0.3, 0.4) is 0 Å². The van der Waals surface area contributed by atoms with Crippen molar-refractivity contribution in [1.82, 2.24) is 4.98 Å². The molecule has 1 heterocycles. The number of nitrogens with two attached hydrogens (primary N) is 1. The van der Waals surface area contributed by atoms with Crippen LogP contribution in [0.1, 0.15) is 16.1 Å². The second kappa shape index (κ2) is 3.10. The van der Waals surface area contributed by atoms with Crippen molar-refractivity contribution in [3.05, 3.63) is 41.6 Å². The molecule has 0 aliphatic rings. The number of hydrogen-bond acceptors (Lipinski definition) is 2. The number of amides is 1. The van der Waals surface area contributed by atoms with Crippen molar-refractivity contribution >= 4 is 16.8 Å². The first-order valence-corrected chi connectivity index (χ1v) is 4.26. The quantitative estimate of drug-likeness (QED) is 0.730. The largest absolute Gasteiger partial charge is 0.366 e. The summed E-state index contributed by atoms with van der Waals surface area (Å²) >= 11 is 0. The Morgan fingerprint density at radius 2 is 2.36 bits per heavy atom. The summed E-state index contributed by atoms with van der Waals surface area (Å²) < 4.78 is 0. The molecule has 0 atom stereocenters. The van der Waals surface area contributed by atoms with Crippen molar-refractivity contribution in [1.29, 1.82) is 0 Å². The first-order chi connectivity index (χ1) is 6.68. The van der Waals surface area contributed by atoms with Crippen molar-refractivity contribution in [3.8, 4) is 0 Å². The molecular formula is C11H9N2O. The molecule has 1 aromatic carbocycles. The highest BCUT2D eigenvalue weighted by Crippen LogP contribution is 2.15. The van der Waals surface area contributed by atoms with Crippen LogP contribution in [0.4, 0.5) is 0 Å². The van der Waals surface area contributed by atoms with Gasteiger partial charge in [0, 0.05) is 11.5 Å². The normalized spacial score (nSPS) is 10.4. The van der Waals surface area contributed by atoms with Gasteiger partial charge in [0.25, 0.3) is 5.91 Å². The molecule has 14 heavy (non-hydrogen) atoms. The van der Waals surface area contributed by atoms with Crippen LogP contribution in [0, 0.1) is 13.0 Å². The van der Waals surface area contributed by atoms with Crippen LogP contribution < -0.4 is 5.73 Å². The number of nitrogens with zero attached hydrogens (tertiary/aromatic N) is 1. The zero-order valence-electron chi connectivity index (χ0n) is 7.74. The highest BCUT2D eigenvalue weighted by atomic mass is 16.1. The van der Waals surface area contributed by atoms with Crippen LogP contribution in [-0.2, 0) is 0 Å². The molecule has 1 amide bonds. The Labute approximate surface area is 81.6 Å². The second-order valence-corrected chi connectivity index (χ2v) is 3.09. The molecule has 2 rings (SSSR count). The minimum atomic E-state index is -0.444. The zero-order valence-corrected chi connectivity index (χ0v) is 7.74. The minimum Gasteiger partial charge on any atom is -0.366 e. The van der Waals surface area contributed by atoms with Crippen LogP contribution >= 0.6 is 0 Å². The van der Waals surface area contributed by atoms with Gasteiger partial charge in [-0.3, -0.25) is 9.78 Å². The monoisotopic (exact) mass is 185 g/mol. The van der Waals surface area contributed by atoms with Gasteiger partial charge in [-0.15, -0.1) is 0 Å². The highest BCUT2D eigenvalue weighted by Gasteiger charge is 2.07. The molecule has 0 aliphatic heterocycles. The second-order valence-electron chi connectivity index (χ2n) is 3.09. The van der Waals surface area contributed by atoms with E-state index < -0.39 is 5.91 Å². The third-order valence-electron chi connectivity index (χ3n) is 2.10. The molecular weight excluding hydrogens is 176 g/mol. The summed E-state index contributed by atoms with van der Waals surface area (Å²) in [5.74, 6) is -0.444. The fraction of sp³-hybridized carbons (Fsp3) is 0.0909. The fourth-order valence-corrected chi connectivity index (χ4v) is 1.39. The maximum Gasteiger partial charge on any atom is 0.250 e. The van der Waals surface area contributed by atoms with Crippen molar-refractivity contribution in [2.75, 3.05) is 0 Å². The van der Waals surface area contributed by atoms with Gasteiger partial charge in [-0.05, 0) is 13.0 Å². The lowest BCUT2D eigenvalue weighted by atomic mass is 10.1. The molecule has 0 aliphatic carbocycles. The van der Waals surface area contributed by atoms with E-state index in [1.807, 2.05) is 12.1 Å². The number of hydrogen-bond donors (Lipinski definition) is 1. The van der Waals surface area contributed by atoms with Gasteiger partial charge < -0.3 is 5.73 Å². The van der Waals surface area contributed by atoms with Crippen molar-refractivity contribution in [2.45, 2.75) is 6.92 Å². The van der Waals surface area contributed by atoms with Gasteiger partial charge in [-0.2, -0.15) is 0 Å². The predicted octanol–water partition coefficient (Wildman–Crippen LogP) is 1.44. The van der Waals surface area contributed by atoms with E-state index in [1.54, 1.807) is 19.1 Å². The molecule has 0 fully saturated rings. The van der Waals surface area contributed by atoms with E-state index in [1.165, 1.54) is 0 Å². The topological polar surface area (TPSA) is 56.0 Å². The standard InChI is InChI=1S/C11H9N2O/c1-7-9(11(12)14)6-8-4-2-3-5-10(8)13-7/h2-4,6H,1H3,(H2,12,14). The molecule has 1 aromatic heterocycles. The Morgan fingerprint density at radius 1 is 1.57 bits per heavy atom. The van der Waals surface area contributed by atoms with Gasteiger partial charge in [-0.1, -0.05) is 18.2 Å². The number of para-hydroxylation sites is 1. The molecule has 0 bridgehead atoms. The lowest BCUT2D eigenvalue weighted by Gasteiger charge is -2.02. The summed E-state index contributed by atoms with van der Waals surface area (Å²) in [6, 6.07) is 10.3. The maximum atomic E-state index is 11.0. The molecule has 1 radical (unpaired) electrons. The van der Waals surface area contributed by atoms with E-state index in [0.717, 1.165) is 10.9 Å². The molecule has 0 saturated carbocycles. The summed E-state index contributed by atoms with van der Waals surface area (Å²) in [6.45, 7) is 1.76. The Hall–Kier alpha value is -1.90. The van der Waals surface area contributed by atoms with Gasteiger partial charge >= 0.3 is 0 Å². The first kappa shape index (κ1) is 8.69. The number of aromatic nitrogens is 1. The van der Waals surface area contributed by atoms with Gasteiger partial charge in [0.2, 0.25) is 0 Å². The Bertz CT molecular complexity index is 506. The van der Waals surface area contributed by atoms with Gasteiger partial charge in [-0.25, -0.2) is 0 Å². The first-order valence-electron chi connectivity index (χ1n) is 4.26. The van der Waals surface area contributed by atoms with Crippen LogP contribution in [0.2, 0.25) is 0 Å². The molecule has 2 aromatic rings. The molecule has 3 heteroatoms. The number of carbonyl (C=O) groups excluding carboxylic acids is 1. The third kappa shape index (κ3) is 1.33. The lowest BCUT2D eigenvalue weighted by molar-refractivity contribution is 0.0999. The molecule has 3 nitrogen and oxygen atoms in total. The molecule has 0 saturated heterocycles. The molecule has 0 unspecified atom stereocenters. The summed E-state index contributed by atoms with van der Waals surface area (Å²) in [4.78, 5) is 15.3. The number of pyridine rings is 1. The number of rotatable bonds is 1. The molecule has 69 valence electrons. The third-order valence-corrected chi connectivity index (χ3v) is 2.10. The minimum absolute atomic E-state index is 0.444. The SMILES string of the molecule is Cc1nc2[c]cccc2cc1C(N)=O. The predicted molar refractivity (Wildman–Crippen MR) is 53.8 cm³/mol. The highest BCUT2D eigenvalue weighted by molar-refractivity contribution is 5.97. The van der Waals surface area contributed by atoms with E-state index >= 15 is 0 Å². The van der Waals surface area contributed by atoms with Gasteiger partial charge in [0.1, 0.15) is 0 Å². The van der Waals surface area contributed by atoms with Crippen molar-refractivity contribution < 1.29 is 4.79 Å². The van der Waals surface area contributed by atoms with Crippen LogP contribution in [0.15, 0.2) is 24.3 Å². The van der Waals surface area contributed by atoms with E-state index in [4.69, 9.17) is 5.73 Å². The smallest absolute Gasteiger partial charge is 0.250 e. The Balaban J connectivity index is 2.77. The summed E-state index contributed by atoms with van der Waals surface area (Å²) in [7, 11) is 0. The number of aryl methyl sites for hydroxylation is 1. The van der Waals surface area contributed by atoms with E-state index in [2.05, 4.69) is 11.1 Å². The van der Waals surface area contributed by atoms with Gasteiger partial charge in [0.05, 0.1) is 16.8 Å². The average Bonchev–Trinajstić information content (AvgIpc) is 2.16.